The maximum Gasteiger partial charge on any atom is 0.306 e. The highest BCUT2D eigenvalue weighted by Crippen LogP contribution is 2.22. The highest BCUT2D eigenvalue weighted by atomic mass is 32.2. The highest BCUT2D eigenvalue weighted by Gasteiger charge is 2.34. The molecule has 0 aliphatic heterocycles. The van der Waals surface area contributed by atoms with Crippen molar-refractivity contribution in [2.24, 2.45) is 0 Å². The van der Waals surface area contributed by atoms with Crippen LogP contribution < -0.4 is 0 Å². The average molecular weight is 403 g/mol. The van der Waals surface area contributed by atoms with Crippen LogP contribution in [0.4, 0.5) is 0 Å². The van der Waals surface area contributed by atoms with E-state index in [1.807, 2.05) is 57.2 Å². The highest BCUT2D eigenvalue weighted by molar-refractivity contribution is 7.87. The van der Waals surface area contributed by atoms with Gasteiger partial charge in [0.15, 0.2) is 0 Å². The summed E-state index contributed by atoms with van der Waals surface area (Å²) in [6.07, 6.45) is 1.39. The van der Waals surface area contributed by atoms with Gasteiger partial charge in [0.05, 0.1) is 0 Å². The fourth-order valence-corrected chi connectivity index (χ4v) is 4.96. The van der Waals surface area contributed by atoms with Crippen molar-refractivity contribution in [3.05, 3.63) is 71.8 Å². The van der Waals surface area contributed by atoms with Crippen LogP contribution in [0.3, 0.4) is 0 Å². The van der Waals surface area contributed by atoms with Crippen molar-refractivity contribution in [3.63, 3.8) is 0 Å². The van der Waals surface area contributed by atoms with E-state index in [2.05, 4.69) is 0 Å². The van der Waals surface area contributed by atoms with E-state index in [9.17, 15) is 13.2 Å². The number of carbonyl (C=O) groups is 1. The van der Waals surface area contributed by atoms with Gasteiger partial charge in [0, 0.05) is 25.2 Å². The van der Waals surface area contributed by atoms with Crippen LogP contribution in [-0.4, -0.2) is 42.6 Å². The van der Waals surface area contributed by atoms with Crippen molar-refractivity contribution < 1.29 is 13.2 Å². The Morgan fingerprint density at radius 2 is 1.39 bits per heavy atom. The topological polar surface area (TPSA) is 57.7 Å². The summed E-state index contributed by atoms with van der Waals surface area (Å²) in [5, 5.41) is 0. The molecule has 0 heterocycles. The molecule has 2 aromatic carbocycles. The van der Waals surface area contributed by atoms with E-state index in [-0.39, 0.29) is 12.5 Å². The fraction of sp³-hybridized carbons (Fsp3) is 0.409. The standard InChI is InChI=1S/C22H30N2O3S/c1-4-16-23(17-5-2)28(26,27)24(22(25)21-14-10-7-11-15-21)18-19(3)20-12-8-6-9-13-20/h6-15,19H,4-5,16-18H2,1-3H3. The molecule has 0 aromatic heterocycles. The first-order chi connectivity index (χ1) is 13.4. The molecule has 1 unspecified atom stereocenters. The molecule has 0 saturated carbocycles. The van der Waals surface area contributed by atoms with E-state index in [0.717, 1.165) is 9.87 Å². The molecule has 1 amide bonds. The molecule has 0 spiro atoms. The zero-order valence-electron chi connectivity index (χ0n) is 16.9. The van der Waals surface area contributed by atoms with Crippen LogP contribution in [0, 0.1) is 0 Å². The van der Waals surface area contributed by atoms with Gasteiger partial charge in [-0.1, -0.05) is 69.3 Å². The number of benzene rings is 2. The fourth-order valence-electron chi connectivity index (χ4n) is 3.12. The van der Waals surface area contributed by atoms with E-state index in [1.165, 1.54) is 4.31 Å². The van der Waals surface area contributed by atoms with Crippen LogP contribution in [0.25, 0.3) is 0 Å². The van der Waals surface area contributed by atoms with Crippen LogP contribution in [0.15, 0.2) is 60.7 Å². The van der Waals surface area contributed by atoms with Crippen LogP contribution in [0.1, 0.15) is 55.5 Å². The predicted molar refractivity (Wildman–Crippen MR) is 113 cm³/mol. The molecule has 152 valence electrons. The third-order valence-corrected chi connectivity index (χ3v) is 6.50. The molecule has 2 rings (SSSR count). The summed E-state index contributed by atoms with van der Waals surface area (Å²) in [5.41, 5.74) is 1.38. The summed E-state index contributed by atoms with van der Waals surface area (Å²) >= 11 is 0. The van der Waals surface area contributed by atoms with Gasteiger partial charge < -0.3 is 0 Å². The number of hydrogen-bond donors (Lipinski definition) is 0. The minimum absolute atomic E-state index is 0.101. The van der Waals surface area contributed by atoms with Gasteiger partial charge in [-0.25, -0.2) is 4.31 Å². The predicted octanol–water partition coefficient (Wildman–Crippen LogP) is 4.30. The van der Waals surface area contributed by atoms with E-state index in [0.29, 0.717) is 31.5 Å². The third-order valence-electron chi connectivity index (χ3n) is 4.61. The van der Waals surface area contributed by atoms with Gasteiger partial charge in [0.2, 0.25) is 0 Å². The van der Waals surface area contributed by atoms with Crippen LogP contribution in [0.5, 0.6) is 0 Å². The lowest BCUT2D eigenvalue weighted by Gasteiger charge is -2.31. The normalized spacial score (nSPS) is 12.7. The van der Waals surface area contributed by atoms with Gasteiger partial charge in [0.25, 0.3) is 5.91 Å². The summed E-state index contributed by atoms with van der Waals surface area (Å²) < 4.78 is 29.3. The Balaban J connectivity index is 2.41. The molecule has 6 heteroatoms. The lowest BCUT2D eigenvalue weighted by Crippen LogP contribution is -2.48. The maximum absolute atomic E-state index is 13.4. The van der Waals surface area contributed by atoms with E-state index < -0.39 is 16.1 Å². The first-order valence-electron chi connectivity index (χ1n) is 9.83. The Hall–Kier alpha value is -2.18. The second-order valence-electron chi connectivity index (χ2n) is 6.92. The second kappa shape index (κ2) is 10.4. The summed E-state index contributed by atoms with van der Waals surface area (Å²) in [6.45, 7) is 6.72. The lowest BCUT2D eigenvalue weighted by molar-refractivity contribution is 0.0848. The molecular weight excluding hydrogens is 372 g/mol. The minimum atomic E-state index is -3.92. The molecule has 0 aliphatic rings. The van der Waals surface area contributed by atoms with E-state index in [4.69, 9.17) is 0 Å². The van der Waals surface area contributed by atoms with Gasteiger partial charge in [-0.15, -0.1) is 0 Å². The van der Waals surface area contributed by atoms with Crippen LogP contribution in [-0.2, 0) is 10.2 Å². The van der Waals surface area contributed by atoms with E-state index >= 15 is 0 Å². The number of amides is 1. The van der Waals surface area contributed by atoms with E-state index in [1.54, 1.807) is 24.3 Å². The van der Waals surface area contributed by atoms with Gasteiger partial charge in [-0.05, 0) is 36.5 Å². The number of rotatable bonds is 10. The molecule has 0 saturated heterocycles. The molecule has 0 bridgehead atoms. The Morgan fingerprint density at radius 3 is 1.89 bits per heavy atom. The van der Waals surface area contributed by atoms with Crippen LogP contribution >= 0.6 is 0 Å². The van der Waals surface area contributed by atoms with Gasteiger partial charge >= 0.3 is 10.2 Å². The molecule has 0 N–H and O–H groups in total. The molecule has 5 nitrogen and oxygen atoms in total. The summed E-state index contributed by atoms with van der Waals surface area (Å²) in [5.74, 6) is -0.602. The van der Waals surface area contributed by atoms with Crippen molar-refractivity contribution >= 4 is 16.1 Å². The van der Waals surface area contributed by atoms with Crippen LogP contribution in [0.2, 0.25) is 0 Å². The van der Waals surface area contributed by atoms with Crippen molar-refractivity contribution in [3.8, 4) is 0 Å². The number of nitrogens with zero attached hydrogens (tertiary/aromatic N) is 2. The molecule has 0 aliphatic carbocycles. The van der Waals surface area contributed by atoms with Gasteiger partial charge in [-0.2, -0.15) is 12.7 Å². The van der Waals surface area contributed by atoms with Crippen molar-refractivity contribution in [1.82, 2.24) is 8.61 Å². The molecule has 1 atom stereocenters. The molecule has 0 fully saturated rings. The minimum Gasteiger partial charge on any atom is -0.268 e. The quantitative estimate of drug-likeness (QED) is 0.595. The number of carbonyl (C=O) groups excluding carboxylic acids is 1. The van der Waals surface area contributed by atoms with Gasteiger partial charge in [-0.3, -0.25) is 4.79 Å². The van der Waals surface area contributed by atoms with Crippen molar-refractivity contribution in [2.45, 2.75) is 39.5 Å². The maximum atomic E-state index is 13.4. The van der Waals surface area contributed by atoms with Crippen molar-refractivity contribution in [1.29, 1.82) is 0 Å². The Bertz CT molecular complexity index is 833. The SMILES string of the molecule is CCCN(CCC)S(=O)(=O)N(CC(C)c1ccccc1)C(=O)c1ccccc1. The average Bonchev–Trinajstić information content (AvgIpc) is 2.72. The zero-order valence-corrected chi connectivity index (χ0v) is 17.7. The first kappa shape index (κ1) is 22.1. The summed E-state index contributed by atoms with van der Waals surface area (Å²) in [6, 6.07) is 18.3. The first-order valence-corrected chi connectivity index (χ1v) is 11.2. The second-order valence-corrected chi connectivity index (χ2v) is 8.77. The molecule has 0 radical (unpaired) electrons. The summed E-state index contributed by atoms with van der Waals surface area (Å²) in [7, 11) is -3.92. The van der Waals surface area contributed by atoms with Gasteiger partial charge in [0.1, 0.15) is 0 Å². The molecule has 28 heavy (non-hydrogen) atoms. The smallest absolute Gasteiger partial charge is 0.268 e. The third kappa shape index (κ3) is 5.42. The number of hydrogen-bond acceptors (Lipinski definition) is 3. The zero-order chi connectivity index (χ0) is 20.6. The van der Waals surface area contributed by atoms with Crippen molar-refractivity contribution in [2.75, 3.05) is 19.6 Å². The largest absolute Gasteiger partial charge is 0.306 e. The molecule has 2 aromatic rings. The monoisotopic (exact) mass is 402 g/mol. The summed E-state index contributed by atoms with van der Waals surface area (Å²) in [4.78, 5) is 13.2. The Kier molecular flexibility index (Phi) is 8.20. The molecular formula is C22H30N2O3S. The lowest BCUT2D eigenvalue weighted by atomic mass is 10.0. The Labute approximate surface area is 169 Å². The Morgan fingerprint density at radius 1 is 0.893 bits per heavy atom.